The number of nitrogens with two attached hydrogens (primary N) is 1. The molecule has 0 spiro atoms. The number of nitrogens with zero attached hydrogens (tertiary/aromatic N) is 3. The molecule has 3 aromatic carbocycles. The Morgan fingerprint density at radius 2 is 1.53 bits per heavy atom. The molecule has 5 aromatic rings. The molecule has 2 N–H and O–H groups in total. The smallest absolute Gasteiger partial charge is 0.241 e. The van der Waals surface area contributed by atoms with Crippen LogP contribution < -0.4 is 5.14 Å². The minimum Gasteiger partial charge on any atom is -0.422 e. The van der Waals surface area contributed by atoms with Gasteiger partial charge in [0.1, 0.15) is 10.8 Å². The molecular weight excluding hydrogens is 520 g/mol. The van der Waals surface area contributed by atoms with Crippen LogP contribution in [0.3, 0.4) is 0 Å². The molecule has 0 bridgehead atoms. The molecule has 1 unspecified atom stereocenters. The molecule has 0 amide bonds. The first-order valence-electron chi connectivity index (χ1n) is 10.7. The lowest BCUT2D eigenvalue weighted by Gasteiger charge is -2.12. The summed E-state index contributed by atoms with van der Waals surface area (Å²) in [5, 5.41) is 11.5. The summed E-state index contributed by atoms with van der Waals surface area (Å²) >= 11 is 1.21. The van der Waals surface area contributed by atoms with Gasteiger partial charge >= 0.3 is 0 Å². The highest BCUT2D eigenvalue weighted by Crippen LogP contribution is 2.38. The summed E-state index contributed by atoms with van der Waals surface area (Å²) in [5.41, 5.74) is 3.19. The summed E-state index contributed by atoms with van der Waals surface area (Å²) in [6.07, 6.45) is 0. The maximum absolute atomic E-state index is 13.7. The van der Waals surface area contributed by atoms with Gasteiger partial charge in [0.25, 0.3) is 0 Å². The van der Waals surface area contributed by atoms with Crippen LogP contribution in [0.25, 0.3) is 21.3 Å². The van der Waals surface area contributed by atoms with Crippen LogP contribution in [-0.2, 0) is 31.4 Å². The highest BCUT2D eigenvalue weighted by atomic mass is 32.2. The zero-order chi connectivity index (χ0) is 25.3. The van der Waals surface area contributed by atoms with Crippen LogP contribution in [0, 0.1) is 0 Å². The van der Waals surface area contributed by atoms with Crippen LogP contribution in [-0.4, -0.2) is 32.0 Å². The van der Waals surface area contributed by atoms with Crippen molar-refractivity contribution in [3.05, 3.63) is 101 Å². The van der Waals surface area contributed by atoms with Gasteiger partial charge in [0, 0.05) is 0 Å². The Morgan fingerprint density at radius 3 is 2.22 bits per heavy atom. The fourth-order valence-electron chi connectivity index (χ4n) is 3.77. The summed E-state index contributed by atoms with van der Waals surface area (Å²) in [5.74, 6) is -1.55. The van der Waals surface area contributed by atoms with Crippen molar-refractivity contribution in [1.82, 2.24) is 15.2 Å². The molecule has 0 aliphatic heterocycles. The van der Waals surface area contributed by atoms with Crippen molar-refractivity contribution in [2.24, 2.45) is 5.14 Å². The SMILES string of the molecule is NS(=O)(=O)Cc1nnc(C(c2nc3ccc(-c4ccccc4)cc3s2)S(=O)(=O)Cc2ccccc2)o1. The van der Waals surface area contributed by atoms with Gasteiger partial charge in [-0.1, -0.05) is 66.7 Å². The van der Waals surface area contributed by atoms with Crippen LogP contribution in [0.2, 0.25) is 0 Å². The summed E-state index contributed by atoms with van der Waals surface area (Å²) in [6, 6.07) is 24.2. The third-order valence-electron chi connectivity index (χ3n) is 5.34. The topological polar surface area (TPSA) is 146 Å². The zero-order valence-electron chi connectivity index (χ0n) is 18.7. The van der Waals surface area contributed by atoms with E-state index >= 15 is 0 Å². The van der Waals surface area contributed by atoms with Crippen LogP contribution in [0.5, 0.6) is 0 Å². The summed E-state index contributed by atoms with van der Waals surface area (Å²) < 4.78 is 56.5. The number of thiazole rings is 1. The van der Waals surface area contributed by atoms with Gasteiger partial charge in [0.05, 0.1) is 16.0 Å². The number of fused-ring (bicyclic) bond motifs is 1. The first kappa shape index (κ1) is 24.3. The van der Waals surface area contributed by atoms with Crippen LogP contribution in [0.1, 0.15) is 27.6 Å². The fourth-order valence-corrected chi connectivity index (χ4v) is 7.38. The predicted molar refractivity (Wildman–Crippen MR) is 137 cm³/mol. The van der Waals surface area contributed by atoms with Gasteiger partial charge in [-0.05, 0) is 28.8 Å². The number of benzene rings is 3. The minimum absolute atomic E-state index is 0.247. The number of primary sulfonamides is 1. The molecule has 9 nitrogen and oxygen atoms in total. The summed E-state index contributed by atoms with van der Waals surface area (Å²) in [7, 11) is -7.90. The van der Waals surface area contributed by atoms with Crippen molar-refractivity contribution in [2.45, 2.75) is 16.8 Å². The number of hydrogen-bond acceptors (Lipinski definition) is 9. The minimum atomic E-state index is -3.95. The molecule has 2 heterocycles. The van der Waals surface area contributed by atoms with Crippen molar-refractivity contribution in [2.75, 3.05) is 0 Å². The Balaban J connectivity index is 1.60. The van der Waals surface area contributed by atoms with E-state index in [9.17, 15) is 16.8 Å². The van der Waals surface area contributed by atoms with Crippen LogP contribution >= 0.6 is 11.3 Å². The summed E-state index contributed by atoms with van der Waals surface area (Å²) in [6.45, 7) is 0. The van der Waals surface area contributed by atoms with Crippen LogP contribution in [0.15, 0.2) is 83.3 Å². The van der Waals surface area contributed by atoms with Gasteiger partial charge in [-0.3, -0.25) is 0 Å². The van der Waals surface area contributed by atoms with Gasteiger partial charge in [0.2, 0.25) is 21.8 Å². The van der Waals surface area contributed by atoms with Crippen molar-refractivity contribution in [3.63, 3.8) is 0 Å². The molecule has 0 aliphatic carbocycles. The quantitative estimate of drug-likeness (QED) is 0.312. The lowest BCUT2D eigenvalue weighted by molar-refractivity contribution is 0.460. The molecular formula is C24H20N4O5S3. The molecule has 36 heavy (non-hydrogen) atoms. The first-order chi connectivity index (χ1) is 17.2. The van der Waals surface area contributed by atoms with E-state index < -0.39 is 30.9 Å². The second kappa shape index (κ2) is 9.54. The van der Waals surface area contributed by atoms with Crippen molar-refractivity contribution in [3.8, 4) is 11.1 Å². The van der Waals surface area contributed by atoms with Gasteiger partial charge < -0.3 is 4.42 Å². The van der Waals surface area contributed by atoms with Gasteiger partial charge in [-0.25, -0.2) is 27.0 Å². The number of rotatable bonds is 8. The molecule has 184 valence electrons. The Bertz CT molecular complexity index is 1730. The van der Waals surface area contributed by atoms with Crippen molar-refractivity contribution >= 4 is 41.4 Å². The van der Waals surface area contributed by atoms with Gasteiger partial charge in [-0.2, -0.15) is 0 Å². The molecule has 0 fully saturated rings. The van der Waals surface area contributed by atoms with Crippen molar-refractivity contribution in [1.29, 1.82) is 0 Å². The molecule has 0 saturated carbocycles. The normalized spacial score (nSPS) is 13.1. The van der Waals surface area contributed by atoms with E-state index in [1.807, 2.05) is 48.5 Å². The number of sulfonamides is 1. The molecule has 0 radical (unpaired) electrons. The van der Waals surface area contributed by atoms with Gasteiger partial charge in [0.15, 0.2) is 15.1 Å². The number of aromatic nitrogens is 3. The second-order valence-electron chi connectivity index (χ2n) is 8.11. The van der Waals surface area contributed by atoms with Crippen molar-refractivity contribution < 1.29 is 21.3 Å². The highest BCUT2D eigenvalue weighted by Gasteiger charge is 2.37. The van der Waals surface area contributed by atoms with E-state index in [1.165, 1.54) is 11.3 Å². The second-order valence-corrected chi connectivity index (χ2v) is 12.9. The number of sulfone groups is 1. The lowest BCUT2D eigenvalue weighted by Crippen LogP contribution is -2.17. The van der Waals surface area contributed by atoms with E-state index in [4.69, 9.17) is 9.56 Å². The molecule has 5 rings (SSSR count). The zero-order valence-corrected chi connectivity index (χ0v) is 21.1. The molecule has 2 aromatic heterocycles. The van der Waals surface area contributed by atoms with Gasteiger partial charge in [-0.15, -0.1) is 21.5 Å². The van der Waals surface area contributed by atoms with E-state index in [0.717, 1.165) is 15.8 Å². The molecule has 0 aliphatic rings. The monoisotopic (exact) mass is 540 g/mol. The Kier molecular flexibility index (Phi) is 6.43. The van der Waals surface area contributed by atoms with E-state index in [2.05, 4.69) is 15.2 Å². The standard InChI is InChI=1S/C24H20N4O5S3/c25-36(31,32)15-21-27-28-23(33-21)22(35(29,30)14-16-7-3-1-4-8-16)24-26-19-12-11-18(13-20(19)34-24)17-9-5-2-6-10-17/h1-13,22H,14-15H2,(H2,25,31,32). The predicted octanol–water partition coefficient (Wildman–Crippen LogP) is 3.84. The van der Waals surface area contributed by atoms with Crippen LogP contribution in [0.4, 0.5) is 0 Å². The Hall–Kier alpha value is -3.45. The number of hydrogen-bond donors (Lipinski definition) is 1. The molecule has 1 atom stereocenters. The highest BCUT2D eigenvalue weighted by molar-refractivity contribution is 7.91. The largest absolute Gasteiger partial charge is 0.422 e. The maximum atomic E-state index is 13.7. The third kappa shape index (κ3) is 5.36. The average molecular weight is 541 g/mol. The fraction of sp³-hybridized carbons (Fsp3) is 0.125. The van der Waals surface area contributed by atoms with E-state index in [0.29, 0.717) is 11.1 Å². The first-order valence-corrected chi connectivity index (χ1v) is 15.0. The average Bonchev–Trinajstić information content (AvgIpc) is 3.45. The maximum Gasteiger partial charge on any atom is 0.241 e. The Labute approximate surface area is 211 Å². The van der Waals surface area contributed by atoms with E-state index in [-0.39, 0.29) is 22.5 Å². The third-order valence-corrected chi connectivity index (χ3v) is 9.10. The van der Waals surface area contributed by atoms with E-state index in [1.54, 1.807) is 30.3 Å². The lowest BCUT2D eigenvalue weighted by atomic mass is 10.1. The Morgan fingerprint density at radius 1 is 0.833 bits per heavy atom. The summed E-state index contributed by atoms with van der Waals surface area (Å²) in [4.78, 5) is 4.58. The molecule has 12 heteroatoms. The molecule has 0 saturated heterocycles.